The first-order valence-electron chi connectivity index (χ1n) is 8.89. The van der Waals surface area contributed by atoms with Gasteiger partial charge in [-0.05, 0) is 47.0 Å². The molecule has 1 heterocycles. The zero-order chi connectivity index (χ0) is 20.6. The monoisotopic (exact) mass is 395 g/mol. The van der Waals surface area contributed by atoms with E-state index in [9.17, 15) is 18.0 Å². The number of amides is 1. The highest BCUT2D eigenvalue weighted by atomic mass is 19.4. The Morgan fingerprint density at radius 1 is 0.931 bits per heavy atom. The second kappa shape index (κ2) is 7.13. The number of hydrogen-bond acceptors (Lipinski definition) is 2. The second-order valence-electron chi connectivity index (χ2n) is 6.75. The van der Waals surface area contributed by atoms with Crippen molar-refractivity contribution in [2.45, 2.75) is 12.6 Å². The summed E-state index contributed by atoms with van der Waals surface area (Å²) in [5, 5.41) is 0.816. The molecular formula is C23H16F3NO2. The van der Waals surface area contributed by atoms with E-state index in [1.807, 2.05) is 24.3 Å². The van der Waals surface area contributed by atoms with Crippen LogP contribution in [0.5, 0.6) is 0 Å². The van der Waals surface area contributed by atoms with Gasteiger partial charge < -0.3 is 10.2 Å². The minimum absolute atomic E-state index is 0.235. The van der Waals surface area contributed by atoms with E-state index < -0.39 is 17.6 Å². The van der Waals surface area contributed by atoms with Gasteiger partial charge in [-0.2, -0.15) is 13.2 Å². The number of nitrogens with two attached hydrogens (primary N) is 1. The summed E-state index contributed by atoms with van der Waals surface area (Å²) in [6, 6.07) is 19.5. The summed E-state index contributed by atoms with van der Waals surface area (Å²) in [5.74, 6) is 0.0364. The Hall–Kier alpha value is -3.54. The number of hydrogen-bond donors (Lipinski definition) is 1. The molecule has 0 atom stereocenters. The molecule has 0 aliphatic heterocycles. The Morgan fingerprint density at radius 3 is 2.45 bits per heavy atom. The van der Waals surface area contributed by atoms with Crippen LogP contribution in [0.3, 0.4) is 0 Å². The van der Waals surface area contributed by atoms with Crippen molar-refractivity contribution < 1.29 is 22.4 Å². The summed E-state index contributed by atoms with van der Waals surface area (Å²) < 4.78 is 44.7. The fourth-order valence-electron chi connectivity index (χ4n) is 3.35. The molecule has 0 spiro atoms. The summed E-state index contributed by atoms with van der Waals surface area (Å²) in [6.45, 7) is 0. The van der Waals surface area contributed by atoms with E-state index in [2.05, 4.69) is 0 Å². The first-order chi connectivity index (χ1) is 13.8. The number of rotatable bonds is 4. The van der Waals surface area contributed by atoms with Crippen LogP contribution in [-0.2, 0) is 12.6 Å². The van der Waals surface area contributed by atoms with Gasteiger partial charge >= 0.3 is 6.18 Å². The smallest absolute Gasteiger partial charge is 0.416 e. The molecule has 3 nitrogen and oxygen atoms in total. The average molecular weight is 395 g/mol. The van der Waals surface area contributed by atoms with E-state index in [-0.39, 0.29) is 6.42 Å². The molecule has 1 amide bonds. The van der Waals surface area contributed by atoms with Gasteiger partial charge in [0.05, 0.1) is 5.56 Å². The molecule has 0 aliphatic carbocycles. The van der Waals surface area contributed by atoms with Crippen molar-refractivity contribution in [1.82, 2.24) is 0 Å². The van der Waals surface area contributed by atoms with E-state index >= 15 is 0 Å². The van der Waals surface area contributed by atoms with Gasteiger partial charge in [0.25, 0.3) is 0 Å². The lowest BCUT2D eigenvalue weighted by atomic mass is 9.99. The standard InChI is InChI=1S/C23H16F3NO2/c24-23(25,26)17-7-1-4-14(10-17)11-18-13-20-19(8-3-9-21(20)29-18)15-5-2-6-16(12-15)22(27)28/h1-10,12-13H,11H2,(H2,27,28). The van der Waals surface area contributed by atoms with E-state index in [1.54, 1.807) is 30.3 Å². The van der Waals surface area contributed by atoms with Crippen molar-refractivity contribution in [1.29, 1.82) is 0 Å². The maximum Gasteiger partial charge on any atom is 0.416 e. The molecule has 146 valence electrons. The average Bonchev–Trinajstić information content (AvgIpc) is 3.10. The number of carbonyl (C=O) groups excluding carboxylic acids is 1. The van der Waals surface area contributed by atoms with Crippen LogP contribution in [0.2, 0.25) is 0 Å². The molecule has 0 saturated carbocycles. The number of halogens is 3. The molecule has 2 N–H and O–H groups in total. The molecule has 0 bridgehead atoms. The number of fused-ring (bicyclic) bond motifs is 1. The Labute approximate surface area is 164 Å². The summed E-state index contributed by atoms with van der Waals surface area (Å²) in [6.07, 6.45) is -4.15. The van der Waals surface area contributed by atoms with Gasteiger partial charge in [-0.25, -0.2) is 0 Å². The first-order valence-corrected chi connectivity index (χ1v) is 8.89. The molecule has 0 fully saturated rings. The van der Waals surface area contributed by atoms with Crippen molar-refractivity contribution in [3.8, 4) is 11.1 Å². The molecular weight excluding hydrogens is 379 g/mol. The Bertz CT molecular complexity index is 1210. The highest BCUT2D eigenvalue weighted by molar-refractivity contribution is 5.98. The molecule has 0 aliphatic rings. The van der Waals surface area contributed by atoms with Crippen LogP contribution in [-0.4, -0.2) is 5.91 Å². The fourth-order valence-corrected chi connectivity index (χ4v) is 3.35. The summed E-state index contributed by atoms with van der Waals surface area (Å²) >= 11 is 0. The quantitative estimate of drug-likeness (QED) is 0.474. The van der Waals surface area contributed by atoms with Crippen LogP contribution in [0.4, 0.5) is 13.2 Å². The van der Waals surface area contributed by atoms with Crippen LogP contribution in [0.25, 0.3) is 22.1 Å². The minimum Gasteiger partial charge on any atom is -0.461 e. The van der Waals surface area contributed by atoms with Gasteiger partial charge in [0.15, 0.2) is 0 Å². The summed E-state index contributed by atoms with van der Waals surface area (Å²) in [4.78, 5) is 11.5. The Morgan fingerprint density at radius 2 is 1.69 bits per heavy atom. The lowest BCUT2D eigenvalue weighted by molar-refractivity contribution is -0.137. The van der Waals surface area contributed by atoms with E-state index in [0.717, 1.165) is 28.6 Å². The third kappa shape index (κ3) is 3.87. The molecule has 3 aromatic carbocycles. The number of primary amides is 1. The van der Waals surface area contributed by atoms with Gasteiger partial charge in [-0.1, -0.05) is 42.5 Å². The Balaban J connectivity index is 1.72. The third-order valence-electron chi connectivity index (χ3n) is 4.70. The van der Waals surface area contributed by atoms with Gasteiger partial charge in [-0.3, -0.25) is 4.79 Å². The van der Waals surface area contributed by atoms with Crippen molar-refractivity contribution in [2.24, 2.45) is 5.73 Å². The van der Waals surface area contributed by atoms with Gasteiger partial charge in [-0.15, -0.1) is 0 Å². The third-order valence-corrected chi connectivity index (χ3v) is 4.70. The van der Waals surface area contributed by atoms with Crippen molar-refractivity contribution in [3.63, 3.8) is 0 Å². The molecule has 0 unspecified atom stereocenters. The van der Waals surface area contributed by atoms with Crippen molar-refractivity contribution in [3.05, 3.63) is 95.2 Å². The predicted molar refractivity (Wildman–Crippen MR) is 104 cm³/mol. The number of furan rings is 1. The summed E-state index contributed by atoms with van der Waals surface area (Å²) in [7, 11) is 0. The minimum atomic E-state index is -4.39. The number of benzene rings is 3. The maximum absolute atomic E-state index is 12.9. The highest BCUT2D eigenvalue weighted by Gasteiger charge is 2.30. The molecule has 4 rings (SSSR count). The predicted octanol–water partition coefficient (Wildman–Crippen LogP) is 5.81. The Kier molecular flexibility index (Phi) is 4.62. The normalized spacial score (nSPS) is 11.7. The second-order valence-corrected chi connectivity index (χ2v) is 6.75. The van der Waals surface area contributed by atoms with Gasteiger partial charge in [0, 0.05) is 17.4 Å². The van der Waals surface area contributed by atoms with E-state index in [0.29, 0.717) is 22.5 Å². The topological polar surface area (TPSA) is 56.2 Å². The maximum atomic E-state index is 12.9. The molecule has 0 saturated heterocycles. The van der Waals surface area contributed by atoms with Crippen LogP contribution in [0.15, 0.2) is 77.2 Å². The zero-order valence-electron chi connectivity index (χ0n) is 15.2. The SMILES string of the molecule is NC(=O)c1cccc(-c2cccc3oc(Cc4cccc(C(F)(F)F)c4)cc23)c1. The molecule has 0 radical (unpaired) electrons. The van der Waals surface area contributed by atoms with Crippen LogP contribution >= 0.6 is 0 Å². The van der Waals surface area contributed by atoms with Gasteiger partial charge in [0.1, 0.15) is 11.3 Å². The van der Waals surface area contributed by atoms with E-state index in [1.165, 1.54) is 6.07 Å². The molecule has 4 aromatic rings. The van der Waals surface area contributed by atoms with E-state index in [4.69, 9.17) is 10.2 Å². The largest absolute Gasteiger partial charge is 0.461 e. The lowest BCUT2D eigenvalue weighted by Gasteiger charge is -2.07. The zero-order valence-corrected chi connectivity index (χ0v) is 15.2. The van der Waals surface area contributed by atoms with Crippen molar-refractivity contribution >= 4 is 16.9 Å². The molecule has 6 heteroatoms. The van der Waals surface area contributed by atoms with Crippen LogP contribution in [0, 0.1) is 0 Å². The highest BCUT2D eigenvalue weighted by Crippen LogP contribution is 2.33. The lowest BCUT2D eigenvalue weighted by Crippen LogP contribution is -2.10. The number of alkyl halides is 3. The fraction of sp³-hybridized carbons (Fsp3) is 0.0870. The van der Waals surface area contributed by atoms with Crippen LogP contribution in [0.1, 0.15) is 27.2 Å². The summed E-state index contributed by atoms with van der Waals surface area (Å²) in [5.41, 5.74) is 7.86. The molecule has 1 aromatic heterocycles. The first kappa shape index (κ1) is 18.8. The van der Waals surface area contributed by atoms with Gasteiger partial charge in [0.2, 0.25) is 5.91 Å². The molecule has 29 heavy (non-hydrogen) atoms. The van der Waals surface area contributed by atoms with Crippen molar-refractivity contribution in [2.75, 3.05) is 0 Å². The number of carbonyl (C=O) groups is 1. The van der Waals surface area contributed by atoms with Crippen LogP contribution < -0.4 is 5.73 Å².